The number of allylic oxidation sites excluding steroid dienone is 1. The van der Waals surface area contributed by atoms with Crippen molar-refractivity contribution in [1.29, 1.82) is 0 Å². The van der Waals surface area contributed by atoms with Gasteiger partial charge < -0.3 is 4.74 Å². The number of ether oxygens (including phenoxy) is 1. The number of rotatable bonds is 4. The maximum Gasteiger partial charge on any atom is 0.573 e. The monoisotopic (exact) mass is 298 g/mol. The third-order valence-corrected chi connectivity index (χ3v) is 3.04. The molecule has 20 heavy (non-hydrogen) atoms. The maximum atomic E-state index is 12.0. The summed E-state index contributed by atoms with van der Waals surface area (Å²) in [7, 11) is 0. The molecule has 0 aliphatic carbocycles. The van der Waals surface area contributed by atoms with E-state index in [0.29, 0.717) is 5.56 Å². The van der Waals surface area contributed by atoms with Crippen molar-refractivity contribution in [2.75, 3.05) is 0 Å². The van der Waals surface area contributed by atoms with E-state index in [1.54, 1.807) is 6.08 Å². The maximum absolute atomic E-state index is 12.0. The Labute approximate surface area is 117 Å². The van der Waals surface area contributed by atoms with Gasteiger partial charge in [-0.15, -0.1) is 13.2 Å². The van der Waals surface area contributed by atoms with Crippen molar-refractivity contribution in [2.45, 2.75) is 6.36 Å². The second kappa shape index (κ2) is 5.92. The molecule has 1 aromatic carbocycles. The average molecular weight is 298 g/mol. The minimum absolute atomic E-state index is 0.283. The van der Waals surface area contributed by atoms with Gasteiger partial charge in [-0.05, 0) is 52.7 Å². The average Bonchev–Trinajstić information content (AvgIpc) is 2.88. The molecular weight excluding hydrogens is 289 g/mol. The lowest BCUT2D eigenvalue weighted by Gasteiger charge is -2.08. The summed E-state index contributed by atoms with van der Waals surface area (Å²) < 4.78 is 39.7. The van der Waals surface area contributed by atoms with Gasteiger partial charge in [0.05, 0.1) is 0 Å². The third kappa shape index (κ3) is 4.24. The van der Waals surface area contributed by atoms with Crippen LogP contribution < -0.4 is 4.74 Å². The first-order chi connectivity index (χ1) is 9.44. The first-order valence-electron chi connectivity index (χ1n) is 5.54. The Bertz CT molecular complexity index is 598. The van der Waals surface area contributed by atoms with E-state index in [0.717, 1.165) is 17.7 Å². The SMILES string of the molecule is O=C(C=Cc1ccsc1)c1ccc(OC(F)(F)F)cc1. The van der Waals surface area contributed by atoms with E-state index in [4.69, 9.17) is 0 Å². The highest BCUT2D eigenvalue weighted by molar-refractivity contribution is 7.08. The third-order valence-electron chi connectivity index (χ3n) is 2.34. The van der Waals surface area contributed by atoms with Gasteiger partial charge in [0.25, 0.3) is 0 Å². The lowest BCUT2D eigenvalue weighted by atomic mass is 10.1. The van der Waals surface area contributed by atoms with E-state index in [9.17, 15) is 18.0 Å². The van der Waals surface area contributed by atoms with Crippen molar-refractivity contribution in [2.24, 2.45) is 0 Å². The van der Waals surface area contributed by atoms with Crippen LogP contribution in [0.3, 0.4) is 0 Å². The Kier molecular flexibility index (Phi) is 4.24. The number of carbonyl (C=O) groups is 1. The molecule has 0 spiro atoms. The standard InChI is InChI=1S/C14H9F3O2S/c15-14(16,17)19-12-4-2-11(3-5-12)13(18)6-1-10-7-8-20-9-10/h1-9H. The normalized spacial score (nSPS) is 11.8. The molecule has 2 rings (SSSR count). The number of carbonyl (C=O) groups excluding carboxylic acids is 1. The van der Waals surface area contributed by atoms with E-state index in [1.807, 2.05) is 16.8 Å². The van der Waals surface area contributed by atoms with Crippen molar-refractivity contribution in [3.63, 3.8) is 0 Å². The number of thiophene rings is 1. The number of benzene rings is 1. The van der Waals surface area contributed by atoms with Gasteiger partial charge in [0.1, 0.15) is 5.75 Å². The number of hydrogen-bond donors (Lipinski definition) is 0. The summed E-state index contributed by atoms with van der Waals surface area (Å²) in [6, 6.07) is 6.66. The molecule has 0 amide bonds. The van der Waals surface area contributed by atoms with Crippen LogP contribution in [0.1, 0.15) is 15.9 Å². The van der Waals surface area contributed by atoms with Crippen LogP contribution in [-0.2, 0) is 0 Å². The van der Waals surface area contributed by atoms with Gasteiger partial charge in [0.15, 0.2) is 5.78 Å². The fourth-order valence-electron chi connectivity index (χ4n) is 1.46. The van der Waals surface area contributed by atoms with E-state index in [2.05, 4.69) is 4.74 Å². The highest BCUT2D eigenvalue weighted by Gasteiger charge is 2.30. The Balaban J connectivity index is 2.04. The van der Waals surface area contributed by atoms with E-state index in [-0.39, 0.29) is 11.5 Å². The number of alkyl halides is 3. The van der Waals surface area contributed by atoms with Crippen LogP contribution in [0.15, 0.2) is 47.2 Å². The van der Waals surface area contributed by atoms with Crippen molar-refractivity contribution in [3.05, 3.63) is 58.3 Å². The van der Waals surface area contributed by atoms with E-state index in [1.165, 1.54) is 29.5 Å². The molecule has 2 aromatic rings. The summed E-state index contributed by atoms with van der Waals surface area (Å²) >= 11 is 1.51. The Morgan fingerprint density at radius 3 is 2.40 bits per heavy atom. The molecule has 0 aliphatic heterocycles. The molecule has 0 aliphatic rings. The molecule has 0 saturated carbocycles. The molecule has 6 heteroatoms. The summed E-state index contributed by atoms with van der Waals surface area (Å²) in [4.78, 5) is 11.8. The molecule has 0 radical (unpaired) electrons. The van der Waals surface area contributed by atoms with Gasteiger partial charge in [-0.3, -0.25) is 4.79 Å². The number of halogens is 3. The second-order valence-electron chi connectivity index (χ2n) is 3.83. The highest BCUT2D eigenvalue weighted by Crippen LogP contribution is 2.23. The predicted molar refractivity (Wildman–Crippen MR) is 70.8 cm³/mol. The van der Waals surface area contributed by atoms with Gasteiger partial charge in [0, 0.05) is 5.56 Å². The smallest absolute Gasteiger partial charge is 0.406 e. The lowest BCUT2D eigenvalue weighted by Crippen LogP contribution is -2.17. The molecule has 1 heterocycles. The van der Waals surface area contributed by atoms with Crippen LogP contribution in [0.4, 0.5) is 13.2 Å². The molecule has 104 valence electrons. The van der Waals surface area contributed by atoms with Crippen LogP contribution in [0.2, 0.25) is 0 Å². The molecule has 0 saturated heterocycles. The molecule has 0 fully saturated rings. The van der Waals surface area contributed by atoms with Crippen LogP contribution in [0.5, 0.6) is 5.75 Å². The summed E-state index contributed by atoms with van der Waals surface area (Å²) in [5, 5.41) is 3.76. The lowest BCUT2D eigenvalue weighted by molar-refractivity contribution is -0.274. The zero-order valence-corrected chi connectivity index (χ0v) is 10.9. The van der Waals surface area contributed by atoms with Crippen molar-refractivity contribution in [1.82, 2.24) is 0 Å². The molecule has 0 bridgehead atoms. The van der Waals surface area contributed by atoms with Crippen LogP contribution >= 0.6 is 11.3 Å². The summed E-state index contributed by atoms with van der Waals surface area (Å²) in [6.45, 7) is 0. The largest absolute Gasteiger partial charge is 0.573 e. The minimum Gasteiger partial charge on any atom is -0.406 e. The molecule has 0 N–H and O–H groups in total. The van der Waals surface area contributed by atoms with Gasteiger partial charge in [0.2, 0.25) is 0 Å². The molecule has 0 atom stereocenters. The van der Waals surface area contributed by atoms with Crippen molar-refractivity contribution in [3.8, 4) is 5.75 Å². The zero-order chi connectivity index (χ0) is 14.6. The Morgan fingerprint density at radius 1 is 1.15 bits per heavy atom. The first kappa shape index (κ1) is 14.3. The quantitative estimate of drug-likeness (QED) is 0.612. The van der Waals surface area contributed by atoms with Crippen LogP contribution in [-0.4, -0.2) is 12.1 Å². The molecule has 0 unspecified atom stereocenters. The predicted octanol–water partition coefficient (Wildman–Crippen LogP) is 4.54. The molecular formula is C14H9F3O2S. The first-order valence-corrected chi connectivity index (χ1v) is 6.49. The van der Waals surface area contributed by atoms with Gasteiger partial charge in [-0.2, -0.15) is 11.3 Å². The zero-order valence-electron chi connectivity index (χ0n) is 10.1. The fourth-order valence-corrected chi connectivity index (χ4v) is 2.09. The van der Waals surface area contributed by atoms with Crippen molar-refractivity contribution >= 4 is 23.2 Å². The Hall–Kier alpha value is -2.08. The van der Waals surface area contributed by atoms with Gasteiger partial charge in [-0.1, -0.05) is 6.08 Å². The van der Waals surface area contributed by atoms with E-state index < -0.39 is 6.36 Å². The second-order valence-corrected chi connectivity index (χ2v) is 4.61. The van der Waals surface area contributed by atoms with E-state index >= 15 is 0 Å². The van der Waals surface area contributed by atoms with Crippen molar-refractivity contribution < 1.29 is 22.7 Å². The van der Waals surface area contributed by atoms with Crippen LogP contribution in [0.25, 0.3) is 6.08 Å². The topological polar surface area (TPSA) is 26.3 Å². The summed E-state index contributed by atoms with van der Waals surface area (Å²) in [6.07, 6.45) is -1.70. The fraction of sp³-hybridized carbons (Fsp3) is 0.0714. The Morgan fingerprint density at radius 2 is 1.85 bits per heavy atom. The molecule has 1 aromatic heterocycles. The minimum atomic E-state index is -4.73. The number of ketones is 1. The van der Waals surface area contributed by atoms with Gasteiger partial charge in [-0.25, -0.2) is 0 Å². The summed E-state index contributed by atoms with van der Waals surface area (Å²) in [5.74, 6) is -0.634. The van der Waals surface area contributed by atoms with Crippen LogP contribution in [0, 0.1) is 0 Å². The molecule has 2 nitrogen and oxygen atoms in total. The highest BCUT2D eigenvalue weighted by atomic mass is 32.1. The summed E-state index contributed by atoms with van der Waals surface area (Å²) in [5.41, 5.74) is 1.20. The van der Waals surface area contributed by atoms with Gasteiger partial charge >= 0.3 is 6.36 Å². The number of hydrogen-bond acceptors (Lipinski definition) is 3.